The molecule has 4 aliphatic rings. The molecule has 278 valence electrons. The monoisotopic (exact) mass is 777 g/mol. The largest absolute Gasteiger partial charge is 0.504 e. The number of carboxylic acid groups (broad SMARTS) is 2. The molecule has 19 heteroatoms. The molecule has 6 N–H and O–H groups in total. The molecule has 5 heterocycles. The summed E-state index contributed by atoms with van der Waals surface area (Å²) in [5.74, 6) is -5.20. The fraction of sp³-hybridized carbons (Fsp3) is 0.485. The van der Waals surface area contributed by atoms with E-state index >= 15 is 0 Å². The number of aromatic nitrogens is 1. The van der Waals surface area contributed by atoms with Gasteiger partial charge in [-0.05, 0) is 25.1 Å². The number of nitrogens with two attached hydrogens (primary N) is 1. The van der Waals surface area contributed by atoms with E-state index in [4.69, 9.17) is 22.2 Å². The van der Waals surface area contributed by atoms with Crippen LogP contribution in [0.25, 0.3) is 0 Å². The zero-order valence-corrected chi connectivity index (χ0v) is 30.5. The van der Waals surface area contributed by atoms with E-state index in [1.54, 1.807) is 4.90 Å². The third kappa shape index (κ3) is 7.16. The van der Waals surface area contributed by atoms with E-state index < -0.39 is 41.0 Å². The number of carboxylic acids is 2. The number of carbonyl (C=O) groups excluding carboxylic acids is 3. The molecule has 4 aliphatic heterocycles. The number of fused-ring (bicyclic) bond motifs is 1. The van der Waals surface area contributed by atoms with Crippen LogP contribution in [0.15, 0.2) is 34.6 Å². The lowest BCUT2D eigenvalue weighted by molar-refractivity contribution is -0.937. The second-order valence-electron chi connectivity index (χ2n) is 13.4. The van der Waals surface area contributed by atoms with E-state index in [0.717, 1.165) is 37.3 Å². The number of thioether (sulfide) groups is 1. The highest BCUT2D eigenvalue weighted by Gasteiger charge is 2.55. The van der Waals surface area contributed by atoms with Crippen LogP contribution in [0.2, 0.25) is 4.34 Å². The number of piperidine rings is 1. The molecular weight excluding hydrogens is 740 g/mol. The molecule has 3 atom stereocenters. The maximum atomic E-state index is 13.6. The van der Waals surface area contributed by atoms with Gasteiger partial charge < -0.3 is 40.4 Å². The topological polar surface area (TPSA) is 233 Å². The number of phenolic OH excluding ortho intramolecular Hbond substituents is 2. The maximum absolute atomic E-state index is 13.6. The Morgan fingerprint density at radius 1 is 1.13 bits per heavy atom. The molecule has 3 fully saturated rings. The van der Waals surface area contributed by atoms with Gasteiger partial charge in [-0.15, -0.1) is 11.8 Å². The summed E-state index contributed by atoms with van der Waals surface area (Å²) in [4.78, 5) is 76.5. The fourth-order valence-corrected chi connectivity index (χ4v) is 9.89. The summed E-state index contributed by atoms with van der Waals surface area (Å²) < 4.78 is 0.689. The number of oxime groups is 1. The number of Topliss-reactive ketones (excluding diaryl/α,β-unsaturated/α-hetero) is 1. The van der Waals surface area contributed by atoms with Gasteiger partial charge in [-0.3, -0.25) is 19.3 Å². The van der Waals surface area contributed by atoms with Crippen molar-refractivity contribution in [1.29, 1.82) is 0 Å². The number of carbonyl (C=O) groups is 5. The number of quaternary nitrogens is 1. The number of ketones is 1. The van der Waals surface area contributed by atoms with Gasteiger partial charge in [0.1, 0.15) is 22.3 Å². The van der Waals surface area contributed by atoms with Crippen molar-refractivity contribution in [2.24, 2.45) is 11.1 Å². The molecule has 16 nitrogen and oxygen atoms in total. The number of likely N-dealkylation sites (tertiary alicyclic amines) is 2. The highest BCUT2D eigenvalue weighted by Crippen LogP contribution is 2.47. The van der Waals surface area contributed by atoms with E-state index in [1.165, 1.54) is 41.8 Å². The first kappa shape index (κ1) is 37.4. The minimum atomic E-state index is -1.40. The minimum absolute atomic E-state index is 0.0272. The number of hydrogen-bond acceptors (Lipinski definition) is 13. The predicted molar refractivity (Wildman–Crippen MR) is 190 cm³/mol. The lowest BCUT2D eigenvalue weighted by atomic mass is 9.89. The lowest BCUT2D eigenvalue weighted by Gasteiger charge is -2.51. The standard InChI is InChI=1S/C33H37ClN6O10S2/c1-16(31(46)47)50-37-24(25-27(34)52-33(35)36-25)23(43)13-20-29(45)39-26(32(48)49)18(15-51-30(20)39)14-40(10-2-3-11-40)19-6-8-38(9-7-19)28(44)17-4-5-21(41)22(42)12-17/h4-5,12,16,19-20,30H,2-3,6-11,13-15H2,1H3,(H5-,35,36,37,41,42,43,44,46,47,48,49)/p+1/t16-,20+,30+/m0/s1. The number of amides is 2. The fourth-order valence-electron chi connectivity index (χ4n) is 7.56. The first-order chi connectivity index (χ1) is 24.7. The molecule has 0 radical (unpaired) electrons. The number of nitrogen functional groups attached to an aromatic ring is 1. The normalized spacial score (nSPS) is 22.5. The van der Waals surface area contributed by atoms with Crippen LogP contribution < -0.4 is 5.73 Å². The van der Waals surface area contributed by atoms with E-state index in [2.05, 4.69) is 10.1 Å². The van der Waals surface area contributed by atoms with Crippen molar-refractivity contribution < 1.29 is 53.7 Å². The third-order valence-electron chi connectivity index (χ3n) is 10.2. The number of rotatable bonds is 12. The first-order valence-electron chi connectivity index (χ1n) is 16.7. The van der Waals surface area contributed by atoms with Crippen LogP contribution in [0.3, 0.4) is 0 Å². The van der Waals surface area contributed by atoms with E-state index in [-0.39, 0.29) is 62.0 Å². The Bertz CT molecular complexity index is 1870. The van der Waals surface area contributed by atoms with Crippen LogP contribution in [-0.4, -0.2) is 131 Å². The zero-order valence-electron chi connectivity index (χ0n) is 28.1. The van der Waals surface area contributed by atoms with Crippen molar-refractivity contribution in [1.82, 2.24) is 14.8 Å². The van der Waals surface area contributed by atoms with Gasteiger partial charge in [0, 0.05) is 62.1 Å². The lowest BCUT2D eigenvalue weighted by Crippen LogP contribution is -2.63. The Kier molecular flexibility index (Phi) is 10.7. The number of β-lactam (4-membered cyclic amide) rings is 1. The maximum Gasteiger partial charge on any atom is 0.352 e. The number of thiazole rings is 1. The molecule has 1 aromatic heterocycles. The zero-order chi connectivity index (χ0) is 37.5. The highest BCUT2D eigenvalue weighted by atomic mass is 35.5. The summed E-state index contributed by atoms with van der Waals surface area (Å²) in [7, 11) is 0. The third-order valence-corrected chi connectivity index (χ3v) is 12.7. The number of aliphatic carboxylic acids is 2. The molecule has 0 saturated carbocycles. The Morgan fingerprint density at radius 3 is 2.42 bits per heavy atom. The summed E-state index contributed by atoms with van der Waals surface area (Å²) >= 11 is 8.50. The predicted octanol–water partition coefficient (Wildman–Crippen LogP) is 2.73. The van der Waals surface area contributed by atoms with Crippen LogP contribution in [0.4, 0.5) is 5.13 Å². The first-order valence-corrected chi connectivity index (χ1v) is 18.9. The molecule has 2 amide bonds. The second kappa shape index (κ2) is 14.9. The SMILES string of the molecule is C[C@H](O/N=C(\C(=O)C[C@@H]1C(=O)N2C(C(=O)O)=C(C[N+]3(C4CCN(C(=O)c5ccc(O)c(O)c5)CC4)CCCC3)CS[C@H]12)c1nc(N)sc1Cl)C(=O)O. The van der Waals surface area contributed by atoms with E-state index in [0.29, 0.717) is 48.3 Å². The summed E-state index contributed by atoms with van der Waals surface area (Å²) in [5, 5.41) is 42.3. The Balaban J connectivity index is 1.17. The number of aromatic hydroxyl groups is 2. The van der Waals surface area contributed by atoms with Crippen LogP contribution in [0.5, 0.6) is 11.5 Å². The molecule has 52 heavy (non-hydrogen) atoms. The van der Waals surface area contributed by atoms with Gasteiger partial charge in [-0.1, -0.05) is 28.1 Å². The van der Waals surface area contributed by atoms with Crippen LogP contribution in [-0.2, 0) is 24.0 Å². The highest BCUT2D eigenvalue weighted by molar-refractivity contribution is 8.00. The molecule has 0 spiro atoms. The van der Waals surface area contributed by atoms with Gasteiger partial charge in [0.2, 0.25) is 12.0 Å². The molecule has 3 saturated heterocycles. The molecule has 0 bridgehead atoms. The summed E-state index contributed by atoms with van der Waals surface area (Å²) in [6.07, 6.45) is 1.57. The molecule has 0 unspecified atom stereocenters. The molecule has 0 aliphatic carbocycles. The number of benzene rings is 1. The number of phenols is 2. The molecular formula is C33H38ClN6O10S2+. The Labute approximate surface area is 311 Å². The van der Waals surface area contributed by atoms with Crippen LogP contribution in [0.1, 0.15) is 55.1 Å². The Morgan fingerprint density at radius 2 is 1.83 bits per heavy atom. The second-order valence-corrected chi connectivity index (χ2v) is 16.1. The summed E-state index contributed by atoms with van der Waals surface area (Å²) in [6, 6.07) is 4.17. The van der Waals surface area contributed by atoms with Crippen molar-refractivity contribution in [3.63, 3.8) is 0 Å². The number of nitrogens with zero attached hydrogens (tertiary/aromatic N) is 5. The van der Waals surface area contributed by atoms with Crippen molar-refractivity contribution >= 4 is 75.1 Å². The summed E-state index contributed by atoms with van der Waals surface area (Å²) in [5.41, 5.74) is 6.13. The van der Waals surface area contributed by atoms with Gasteiger partial charge in [0.05, 0.1) is 30.4 Å². The molecule has 2 aromatic rings. The quantitative estimate of drug-likeness (QED) is 0.0687. The van der Waals surface area contributed by atoms with Gasteiger partial charge in [-0.25, -0.2) is 14.6 Å². The van der Waals surface area contributed by atoms with E-state index in [9.17, 15) is 44.4 Å². The smallest absolute Gasteiger partial charge is 0.352 e. The molecule has 1 aromatic carbocycles. The molecule has 6 rings (SSSR count). The van der Waals surface area contributed by atoms with Gasteiger partial charge >= 0.3 is 11.9 Å². The van der Waals surface area contributed by atoms with Gasteiger partial charge in [-0.2, -0.15) is 0 Å². The van der Waals surface area contributed by atoms with E-state index in [1.807, 2.05) is 0 Å². The van der Waals surface area contributed by atoms with Crippen molar-refractivity contribution in [3.8, 4) is 11.5 Å². The van der Waals surface area contributed by atoms with Gasteiger partial charge in [0.25, 0.3) is 5.91 Å². The number of halogens is 1. The average molecular weight is 778 g/mol. The summed E-state index contributed by atoms with van der Waals surface area (Å²) in [6.45, 7) is 4.32. The minimum Gasteiger partial charge on any atom is -0.504 e. The van der Waals surface area contributed by atoms with Crippen molar-refractivity contribution in [2.45, 2.75) is 56.5 Å². The van der Waals surface area contributed by atoms with Crippen LogP contribution >= 0.6 is 34.7 Å². The van der Waals surface area contributed by atoms with Gasteiger partial charge in [0.15, 0.2) is 28.1 Å². The van der Waals surface area contributed by atoms with Crippen molar-refractivity contribution in [3.05, 3.63) is 45.1 Å². The van der Waals surface area contributed by atoms with Crippen molar-refractivity contribution in [2.75, 3.05) is 44.2 Å². The average Bonchev–Trinajstić information content (AvgIpc) is 3.73. The van der Waals surface area contributed by atoms with Crippen LogP contribution in [0, 0.1) is 5.92 Å². The number of anilines is 1. The number of hydrogen-bond donors (Lipinski definition) is 5. The Hall–Kier alpha value is -4.39.